The second kappa shape index (κ2) is 4.78. The molecule has 1 aromatic carbocycles. The lowest BCUT2D eigenvalue weighted by atomic mass is 10.1. The van der Waals surface area contributed by atoms with Crippen molar-refractivity contribution in [3.63, 3.8) is 0 Å². The fourth-order valence-electron chi connectivity index (χ4n) is 3.50. The molecule has 2 fully saturated rings. The van der Waals surface area contributed by atoms with Gasteiger partial charge in [0, 0.05) is 30.8 Å². The number of nitrogens with zero attached hydrogens (tertiary/aromatic N) is 5. The lowest BCUT2D eigenvalue weighted by molar-refractivity contribution is 0.395. The molecule has 0 bridgehead atoms. The normalized spacial score (nSPS) is 18.4. The van der Waals surface area contributed by atoms with Gasteiger partial charge in [-0.2, -0.15) is 0 Å². The molecule has 2 aliphatic rings. The molecule has 5 nitrogen and oxygen atoms in total. The molecule has 1 aliphatic carbocycles. The van der Waals surface area contributed by atoms with E-state index in [0.717, 1.165) is 30.1 Å². The summed E-state index contributed by atoms with van der Waals surface area (Å²) in [5.41, 5.74) is 3.42. The average Bonchev–Trinajstić information content (AvgIpc) is 3.29. The van der Waals surface area contributed by atoms with Crippen LogP contribution in [0, 0.1) is 6.92 Å². The smallest absolute Gasteiger partial charge is 0.132 e. The molecule has 3 aromatic rings. The van der Waals surface area contributed by atoms with Gasteiger partial charge in [-0.3, -0.25) is 0 Å². The fraction of sp³-hybridized carbons (Fsp3) is 0.389. The van der Waals surface area contributed by atoms with Crippen LogP contribution in [0.1, 0.15) is 36.3 Å². The van der Waals surface area contributed by atoms with Gasteiger partial charge >= 0.3 is 0 Å². The van der Waals surface area contributed by atoms with E-state index in [2.05, 4.69) is 49.8 Å². The number of hydrogen-bond donors (Lipinski definition) is 0. The first kappa shape index (κ1) is 13.0. The van der Waals surface area contributed by atoms with Crippen LogP contribution in [-0.2, 0) is 0 Å². The SMILES string of the molecule is Cc1cc(N2CC(n3c(C4CC4)nc4ccccc43)C2)ncn1. The first-order valence-corrected chi connectivity index (χ1v) is 8.30. The molecule has 0 atom stereocenters. The zero-order valence-electron chi connectivity index (χ0n) is 13.2. The first-order chi connectivity index (χ1) is 11.3. The summed E-state index contributed by atoms with van der Waals surface area (Å²) < 4.78 is 2.48. The molecule has 0 N–H and O–H groups in total. The minimum Gasteiger partial charge on any atom is -0.352 e. The molecule has 1 aliphatic heterocycles. The van der Waals surface area contributed by atoms with Gasteiger partial charge in [0.2, 0.25) is 0 Å². The summed E-state index contributed by atoms with van der Waals surface area (Å²) in [7, 11) is 0. The van der Waals surface area contributed by atoms with E-state index in [9.17, 15) is 0 Å². The number of benzene rings is 1. The highest BCUT2D eigenvalue weighted by molar-refractivity contribution is 5.76. The van der Waals surface area contributed by atoms with Crippen molar-refractivity contribution in [3.05, 3.63) is 48.2 Å². The van der Waals surface area contributed by atoms with Gasteiger partial charge in [-0.25, -0.2) is 15.0 Å². The number of aromatic nitrogens is 4. The van der Waals surface area contributed by atoms with Crippen molar-refractivity contribution >= 4 is 16.9 Å². The number of para-hydroxylation sites is 2. The van der Waals surface area contributed by atoms with Crippen LogP contribution in [-0.4, -0.2) is 32.6 Å². The summed E-state index contributed by atoms with van der Waals surface area (Å²) in [6, 6.07) is 11.1. The average molecular weight is 305 g/mol. The standard InChI is InChI=1S/C18H19N5/c1-12-8-17(20-11-19-12)22-9-14(10-22)23-16-5-3-2-4-15(16)21-18(23)13-6-7-13/h2-5,8,11,13-14H,6-7,9-10H2,1H3. The predicted molar refractivity (Wildman–Crippen MR) is 89.7 cm³/mol. The Morgan fingerprint density at radius 2 is 1.91 bits per heavy atom. The van der Waals surface area contributed by atoms with Gasteiger partial charge < -0.3 is 9.47 Å². The van der Waals surface area contributed by atoms with E-state index in [1.165, 1.54) is 24.2 Å². The van der Waals surface area contributed by atoms with Crippen molar-refractivity contribution in [2.45, 2.75) is 31.7 Å². The zero-order chi connectivity index (χ0) is 15.4. The number of anilines is 1. The van der Waals surface area contributed by atoms with Gasteiger partial charge in [-0.1, -0.05) is 12.1 Å². The van der Waals surface area contributed by atoms with Crippen molar-refractivity contribution in [2.75, 3.05) is 18.0 Å². The number of rotatable bonds is 3. The Morgan fingerprint density at radius 1 is 1.09 bits per heavy atom. The van der Waals surface area contributed by atoms with Crippen LogP contribution >= 0.6 is 0 Å². The van der Waals surface area contributed by atoms with E-state index >= 15 is 0 Å². The van der Waals surface area contributed by atoms with Crippen LogP contribution in [0.25, 0.3) is 11.0 Å². The molecule has 5 rings (SSSR count). The Balaban J connectivity index is 1.47. The van der Waals surface area contributed by atoms with Gasteiger partial charge in [-0.15, -0.1) is 0 Å². The molecule has 0 spiro atoms. The van der Waals surface area contributed by atoms with Crippen molar-refractivity contribution < 1.29 is 0 Å². The summed E-state index contributed by atoms with van der Waals surface area (Å²) in [5.74, 6) is 2.98. The minimum atomic E-state index is 0.494. The third kappa shape index (κ3) is 2.11. The van der Waals surface area contributed by atoms with Crippen LogP contribution in [0.4, 0.5) is 5.82 Å². The summed E-state index contributed by atoms with van der Waals surface area (Å²) in [5, 5.41) is 0. The van der Waals surface area contributed by atoms with E-state index < -0.39 is 0 Å². The van der Waals surface area contributed by atoms with E-state index in [4.69, 9.17) is 4.98 Å². The van der Waals surface area contributed by atoms with Gasteiger partial charge in [0.15, 0.2) is 0 Å². The minimum absolute atomic E-state index is 0.494. The van der Waals surface area contributed by atoms with Gasteiger partial charge in [0.1, 0.15) is 18.0 Å². The monoisotopic (exact) mass is 305 g/mol. The first-order valence-electron chi connectivity index (χ1n) is 8.30. The van der Waals surface area contributed by atoms with E-state index in [1.54, 1.807) is 6.33 Å². The van der Waals surface area contributed by atoms with Crippen molar-refractivity contribution in [2.24, 2.45) is 0 Å². The third-order valence-electron chi connectivity index (χ3n) is 4.91. The van der Waals surface area contributed by atoms with Gasteiger partial charge in [0.25, 0.3) is 0 Å². The quantitative estimate of drug-likeness (QED) is 0.746. The molecule has 0 unspecified atom stereocenters. The summed E-state index contributed by atoms with van der Waals surface area (Å²) in [6.45, 7) is 4.00. The predicted octanol–water partition coefficient (Wildman–Crippen LogP) is 3.07. The van der Waals surface area contributed by atoms with Crippen molar-refractivity contribution in [3.8, 4) is 0 Å². The molecule has 2 aromatic heterocycles. The number of hydrogen-bond acceptors (Lipinski definition) is 4. The summed E-state index contributed by atoms with van der Waals surface area (Å²) in [6.07, 6.45) is 4.22. The molecule has 1 saturated carbocycles. The molecule has 23 heavy (non-hydrogen) atoms. The number of aryl methyl sites for hydroxylation is 1. The Morgan fingerprint density at radius 3 is 2.70 bits per heavy atom. The Bertz CT molecular complexity index is 874. The second-order valence-corrected chi connectivity index (χ2v) is 6.68. The number of fused-ring (bicyclic) bond motifs is 1. The maximum absolute atomic E-state index is 4.91. The highest BCUT2D eigenvalue weighted by Gasteiger charge is 2.36. The van der Waals surface area contributed by atoms with Crippen molar-refractivity contribution in [1.29, 1.82) is 0 Å². The van der Waals surface area contributed by atoms with Crippen LogP contribution in [0.15, 0.2) is 36.7 Å². The van der Waals surface area contributed by atoms with E-state index in [-0.39, 0.29) is 0 Å². The van der Waals surface area contributed by atoms with Crippen LogP contribution in [0.2, 0.25) is 0 Å². The van der Waals surface area contributed by atoms with Gasteiger partial charge in [-0.05, 0) is 31.9 Å². The summed E-state index contributed by atoms with van der Waals surface area (Å²) >= 11 is 0. The van der Waals surface area contributed by atoms with Crippen LogP contribution < -0.4 is 4.90 Å². The molecule has 3 heterocycles. The second-order valence-electron chi connectivity index (χ2n) is 6.68. The molecule has 0 radical (unpaired) electrons. The van der Waals surface area contributed by atoms with Crippen molar-refractivity contribution in [1.82, 2.24) is 19.5 Å². The Kier molecular flexibility index (Phi) is 2.71. The van der Waals surface area contributed by atoms with E-state index in [1.807, 2.05) is 6.92 Å². The Hall–Kier alpha value is -2.43. The highest BCUT2D eigenvalue weighted by atomic mass is 15.3. The molecule has 116 valence electrons. The zero-order valence-corrected chi connectivity index (χ0v) is 13.2. The van der Waals surface area contributed by atoms with Crippen LogP contribution in [0.3, 0.4) is 0 Å². The molecular formula is C18H19N5. The highest BCUT2D eigenvalue weighted by Crippen LogP contribution is 2.43. The Labute approximate surface area is 135 Å². The van der Waals surface area contributed by atoms with Crippen LogP contribution in [0.5, 0.6) is 0 Å². The maximum Gasteiger partial charge on any atom is 0.132 e. The lowest BCUT2D eigenvalue weighted by Gasteiger charge is -2.41. The molecule has 0 amide bonds. The third-order valence-corrected chi connectivity index (χ3v) is 4.91. The fourth-order valence-corrected chi connectivity index (χ4v) is 3.50. The molecular weight excluding hydrogens is 286 g/mol. The van der Waals surface area contributed by atoms with E-state index in [0.29, 0.717) is 12.0 Å². The largest absolute Gasteiger partial charge is 0.352 e. The van der Waals surface area contributed by atoms with Gasteiger partial charge in [0.05, 0.1) is 17.1 Å². The number of imidazole rings is 1. The molecule has 5 heteroatoms. The topological polar surface area (TPSA) is 46.8 Å². The lowest BCUT2D eigenvalue weighted by Crippen LogP contribution is -2.48. The molecule has 1 saturated heterocycles. The summed E-state index contributed by atoms with van der Waals surface area (Å²) in [4.78, 5) is 15.8. The maximum atomic E-state index is 4.91.